The number of methoxy groups -OCH3 is 1. The highest BCUT2D eigenvalue weighted by Gasteiger charge is 2.38. The average Bonchev–Trinajstić information content (AvgIpc) is 2.85. The normalized spacial score (nSPS) is 28.3. The second-order valence-corrected chi connectivity index (χ2v) is 5.87. The van der Waals surface area contributed by atoms with Crippen LogP contribution < -0.4 is 4.74 Å². The molecule has 114 valence electrons. The zero-order chi connectivity index (χ0) is 15.0. The minimum Gasteiger partial charge on any atom is -0.494 e. The molecule has 3 atom stereocenters. The molecule has 2 fully saturated rings. The van der Waals surface area contributed by atoms with Crippen LogP contribution in [-0.2, 0) is 4.74 Å². The Hall–Kier alpha value is -1.62. The van der Waals surface area contributed by atoms with E-state index in [0.717, 1.165) is 12.8 Å². The van der Waals surface area contributed by atoms with Crippen molar-refractivity contribution in [2.24, 2.45) is 5.92 Å². The van der Waals surface area contributed by atoms with Gasteiger partial charge < -0.3 is 14.4 Å². The minimum atomic E-state index is -0.504. The smallest absolute Gasteiger partial charge is 0.253 e. The SMILES string of the molecule is COc1ccc(C(=O)N2CC[C@H]3O[C@@H](C)C[C@H]3C2)cc1F. The standard InChI is InChI=1S/C16H20FNO3/c1-10-7-12-9-18(6-5-14(12)21-10)16(19)11-3-4-15(20-2)13(17)8-11/h3-4,8,10,12,14H,5-7,9H2,1-2H3/t10-,12-,14+/m0/s1. The van der Waals surface area contributed by atoms with Gasteiger partial charge in [0.1, 0.15) is 0 Å². The van der Waals surface area contributed by atoms with E-state index in [2.05, 4.69) is 6.92 Å². The summed E-state index contributed by atoms with van der Waals surface area (Å²) in [6.45, 7) is 3.44. The van der Waals surface area contributed by atoms with Gasteiger partial charge in [-0.2, -0.15) is 0 Å². The van der Waals surface area contributed by atoms with Crippen LogP contribution in [0, 0.1) is 11.7 Å². The molecule has 2 aliphatic rings. The number of piperidine rings is 1. The maximum atomic E-state index is 13.7. The van der Waals surface area contributed by atoms with E-state index in [1.54, 1.807) is 6.07 Å². The highest BCUT2D eigenvalue weighted by molar-refractivity contribution is 5.94. The Morgan fingerprint density at radius 2 is 2.29 bits per heavy atom. The number of fused-ring (bicyclic) bond motifs is 1. The van der Waals surface area contributed by atoms with Gasteiger partial charge in [0, 0.05) is 24.6 Å². The lowest BCUT2D eigenvalue weighted by Gasteiger charge is -2.34. The molecule has 2 heterocycles. The van der Waals surface area contributed by atoms with E-state index in [1.165, 1.54) is 19.2 Å². The number of hydrogen-bond donors (Lipinski definition) is 0. The van der Waals surface area contributed by atoms with E-state index in [-0.39, 0.29) is 23.9 Å². The van der Waals surface area contributed by atoms with Gasteiger partial charge in [0.05, 0.1) is 19.3 Å². The van der Waals surface area contributed by atoms with Crippen LogP contribution in [0.25, 0.3) is 0 Å². The number of nitrogens with zero attached hydrogens (tertiary/aromatic N) is 1. The van der Waals surface area contributed by atoms with Crippen LogP contribution in [0.1, 0.15) is 30.1 Å². The number of likely N-dealkylation sites (tertiary alicyclic amines) is 1. The Labute approximate surface area is 123 Å². The van der Waals surface area contributed by atoms with Gasteiger partial charge in [0.2, 0.25) is 0 Å². The lowest BCUT2D eigenvalue weighted by molar-refractivity contribution is 0.00864. The number of ether oxygens (including phenoxy) is 2. The largest absolute Gasteiger partial charge is 0.494 e. The molecule has 3 rings (SSSR count). The van der Waals surface area contributed by atoms with Gasteiger partial charge in [-0.05, 0) is 38.0 Å². The Balaban J connectivity index is 1.72. The van der Waals surface area contributed by atoms with Crippen LogP contribution in [0.4, 0.5) is 4.39 Å². The number of benzene rings is 1. The molecule has 0 saturated carbocycles. The van der Waals surface area contributed by atoms with Gasteiger partial charge in [0.25, 0.3) is 5.91 Å². The van der Waals surface area contributed by atoms with Crippen LogP contribution in [0.2, 0.25) is 0 Å². The highest BCUT2D eigenvalue weighted by atomic mass is 19.1. The predicted molar refractivity (Wildman–Crippen MR) is 75.9 cm³/mol. The minimum absolute atomic E-state index is 0.116. The Bertz CT molecular complexity index is 548. The summed E-state index contributed by atoms with van der Waals surface area (Å²) >= 11 is 0. The molecular weight excluding hydrogens is 273 g/mol. The first-order chi connectivity index (χ1) is 10.1. The second kappa shape index (κ2) is 5.64. The summed E-state index contributed by atoms with van der Waals surface area (Å²) in [5, 5.41) is 0. The fourth-order valence-electron chi connectivity index (χ4n) is 3.36. The second-order valence-electron chi connectivity index (χ2n) is 5.87. The summed E-state index contributed by atoms with van der Waals surface area (Å²) in [4.78, 5) is 14.3. The molecular formula is C16H20FNO3. The third kappa shape index (κ3) is 2.75. The number of amides is 1. The van der Waals surface area contributed by atoms with E-state index < -0.39 is 5.82 Å². The van der Waals surface area contributed by atoms with Crippen LogP contribution in [0.15, 0.2) is 18.2 Å². The van der Waals surface area contributed by atoms with Crippen LogP contribution >= 0.6 is 0 Å². The molecule has 1 aromatic rings. The Kier molecular flexibility index (Phi) is 3.85. The quantitative estimate of drug-likeness (QED) is 0.841. The number of carbonyl (C=O) groups is 1. The first-order valence-corrected chi connectivity index (χ1v) is 7.36. The fraction of sp³-hybridized carbons (Fsp3) is 0.562. The lowest BCUT2D eigenvalue weighted by Crippen LogP contribution is -2.44. The van der Waals surface area contributed by atoms with Gasteiger partial charge in [-0.3, -0.25) is 4.79 Å². The molecule has 1 amide bonds. The van der Waals surface area contributed by atoms with Crippen molar-refractivity contribution in [2.75, 3.05) is 20.2 Å². The molecule has 2 saturated heterocycles. The maximum absolute atomic E-state index is 13.7. The summed E-state index contributed by atoms with van der Waals surface area (Å²) in [7, 11) is 1.41. The molecule has 5 heteroatoms. The molecule has 4 nitrogen and oxygen atoms in total. The molecule has 0 bridgehead atoms. The third-order valence-corrected chi connectivity index (χ3v) is 4.39. The first kappa shape index (κ1) is 14.3. The predicted octanol–water partition coefficient (Wildman–Crippen LogP) is 2.47. The molecule has 0 aliphatic carbocycles. The number of halogens is 1. The van der Waals surface area contributed by atoms with Gasteiger partial charge in [-0.1, -0.05) is 0 Å². The zero-order valence-corrected chi connectivity index (χ0v) is 12.3. The van der Waals surface area contributed by atoms with E-state index in [1.807, 2.05) is 4.90 Å². The van der Waals surface area contributed by atoms with Crippen molar-refractivity contribution in [3.8, 4) is 5.75 Å². The van der Waals surface area contributed by atoms with Crippen molar-refractivity contribution in [1.29, 1.82) is 0 Å². The van der Waals surface area contributed by atoms with Crippen molar-refractivity contribution in [3.63, 3.8) is 0 Å². The average molecular weight is 293 g/mol. The third-order valence-electron chi connectivity index (χ3n) is 4.39. The van der Waals surface area contributed by atoms with Gasteiger partial charge in [-0.25, -0.2) is 4.39 Å². The van der Waals surface area contributed by atoms with Crippen LogP contribution in [0.3, 0.4) is 0 Å². The molecule has 0 aromatic heterocycles. The summed E-state index contributed by atoms with van der Waals surface area (Å²) in [5.41, 5.74) is 0.374. The Morgan fingerprint density at radius 1 is 1.48 bits per heavy atom. The Morgan fingerprint density at radius 3 is 3.00 bits per heavy atom. The molecule has 0 radical (unpaired) electrons. The van der Waals surface area contributed by atoms with Gasteiger partial charge in [-0.15, -0.1) is 0 Å². The van der Waals surface area contributed by atoms with Crippen molar-refractivity contribution >= 4 is 5.91 Å². The van der Waals surface area contributed by atoms with Gasteiger partial charge >= 0.3 is 0 Å². The monoisotopic (exact) mass is 293 g/mol. The number of carbonyl (C=O) groups excluding carboxylic acids is 1. The molecule has 21 heavy (non-hydrogen) atoms. The van der Waals surface area contributed by atoms with Crippen molar-refractivity contribution in [2.45, 2.75) is 32.0 Å². The molecule has 0 unspecified atom stereocenters. The van der Waals surface area contributed by atoms with Crippen LogP contribution in [0.5, 0.6) is 5.75 Å². The summed E-state index contributed by atoms with van der Waals surface area (Å²) in [6, 6.07) is 4.36. The van der Waals surface area contributed by atoms with Crippen molar-refractivity contribution in [3.05, 3.63) is 29.6 Å². The van der Waals surface area contributed by atoms with Crippen molar-refractivity contribution < 1.29 is 18.7 Å². The van der Waals surface area contributed by atoms with E-state index in [4.69, 9.17) is 9.47 Å². The number of hydrogen-bond acceptors (Lipinski definition) is 3. The number of rotatable bonds is 2. The molecule has 0 N–H and O–H groups in total. The molecule has 2 aliphatic heterocycles. The summed E-state index contributed by atoms with van der Waals surface area (Å²) in [5.74, 6) is -0.0605. The first-order valence-electron chi connectivity index (χ1n) is 7.36. The summed E-state index contributed by atoms with van der Waals surface area (Å²) in [6.07, 6.45) is 2.40. The van der Waals surface area contributed by atoms with Crippen LogP contribution in [-0.4, -0.2) is 43.2 Å². The van der Waals surface area contributed by atoms with E-state index >= 15 is 0 Å². The topological polar surface area (TPSA) is 38.8 Å². The lowest BCUT2D eigenvalue weighted by atomic mass is 9.92. The van der Waals surface area contributed by atoms with E-state index in [9.17, 15) is 9.18 Å². The highest BCUT2D eigenvalue weighted by Crippen LogP contribution is 2.33. The zero-order valence-electron chi connectivity index (χ0n) is 12.3. The van der Waals surface area contributed by atoms with E-state index in [0.29, 0.717) is 24.6 Å². The van der Waals surface area contributed by atoms with Crippen molar-refractivity contribution in [1.82, 2.24) is 4.90 Å². The summed E-state index contributed by atoms with van der Waals surface area (Å²) < 4.78 is 24.4. The maximum Gasteiger partial charge on any atom is 0.253 e. The molecule has 0 spiro atoms. The van der Waals surface area contributed by atoms with Gasteiger partial charge in [0.15, 0.2) is 11.6 Å². The fourth-order valence-corrected chi connectivity index (χ4v) is 3.36. The molecule has 1 aromatic carbocycles.